The number of Topliss-reactive ketones (excluding diaryl/α,β-unsaturated/α-hetero) is 1. The van der Waals surface area contributed by atoms with Gasteiger partial charge in [0.25, 0.3) is 0 Å². The molecule has 3 rings (SSSR count). The number of hydrogen-bond acceptors (Lipinski definition) is 4. The summed E-state index contributed by atoms with van der Waals surface area (Å²) in [7, 11) is 0. The molecule has 1 saturated carbocycles. The molecule has 0 radical (unpaired) electrons. The fourth-order valence-electron chi connectivity index (χ4n) is 2.19. The number of ketones is 1. The lowest BCUT2D eigenvalue weighted by atomic mass is 10.1. The normalized spacial score (nSPS) is 14.3. The number of H-pyrrole nitrogens is 1. The first-order valence-electron chi connectivity index (χ1n) is 7.11. The molecule has 110 valence electrons. The molecule has 1 N–H and O–H groups in total. The predicted octanol–water partition coefficient (Wildman–Crippen LogP) is 2.44. The van der Waals surface area contributed by atoms with Gasteiger partial charge in [0.2, 0.25) is 0 Å². The Balaban J connectivity index is 1.66. The number of nitrogens with zero attached hydrogens (tertiary/aromatic N) is 2. The number of aromatic nitrogens is 3. The molecule has 1 aromatic carbocycles. The number of rotatable bonds is 6. The van der Waals surface area contributed by atoms with Crippen LogP contribution in [0.25, 0.3) is 0 Å². The summed E-state index contributed by atoms with van der Waals surface area (Å²) in [6, 6.07) is 7.94. The Morgan fingerprint density at radius 3 is 2.71 bits per heavy atom. The van der Waals surface area contributed by atoms with E-state index in [0.717, 1.165) is 19.3 Å². The van der Waals surface area contributed by atoms with E-state index in [2.05, 4.69) is 17.1 Å². The first-order chi connectivity index (χ1) is 10.2. The molecule has 0 saturated heterocycles. The lowest BCUT2D eigenvalue weighted by Gasteiger charge is -2.04. The van der Waals surface area contributed by atoms with E-state index >= 15 is 0 Å². The van der Waals surface area contributed by atoms with Gasteiger partial charge in [-0.1, -0.05) is 43.0 Å². The van der Waals surface area contributed by atoms with E-state index < -0.39 is 0 Å². The van der Waals surface area contributed by atoms with Gasteiger partial charge in [-0.25, -0.2) is 9.89 Å². The van der Waals surface area contributed by atoms with Crippen molar-refractivity contribution in [2.45, 2.75) is 37.4 Å². The van der Waals surface area contributed by atoms with Crippen LogP contribution in [0.1, 0.15) is 41.7 Å². The van der Waals surface area contributed by atoms with Crippen molar-refractivity contribution in [1.29, 1.82) is 0 Å². The van der Waals surface area contributed by atoms with Crippen LogP contribution in [0.4, 0.5) is 0 Å². The minimum Gasteiger partial charge on any atom is -0.293 e. The van der Waals surface area contributed by atoms with Gasteiger partial charge in [0.05, 0.1) is 5.75 Å². The highest BCUT2D eigenvalue weighted by molar-refractivity contribution is 7.99. The lowest BCUT2D eigenvalue weighted by molar-refractivity contribution is 0.102. The van der Waals surface area contributed by atoms with Crippen LogP contribution in [0, 0.1) is 0 Å². The number of hydrogen-bond donors (Lipinski definition) is 1. The van der Waals surface area contributed by atoms with Gasteiger partial charge >= 0.3 is 5.69 Å². The summed E-state index contributed by atoms with van der Waals surface area (Å²) >= 11 is 1.32. The summed E-state index contributed by atoms with van der Waals surface area (Å²) in [5.41, 5.74) is 1.74. The highest BCUT2D eigenvalue weighted by Gasteiger charge is 2.28. The number of thioether (sulfide) groups is 1. The van der Waals surface area contributed by atoms with Gasteiger partial charge in [0.1, 0.15) is 0 Å². The second-order valence-corrected chi connectivity index (χ2v) is 6.12. The molecule has 21 heavy (non-hydrogen) atoms. The van der Waals surface area contributed by atoms with E-state index in [-0.39, 0.29) is 17.5 Å². The largest absolute Gasteiger partial charge is 0.344 e. The van der Waals surface area contributed by atoms with E-state index in [4.69, 9.17) is 0 Å². The third-order valence-electron chi connectivity index (χ3n) is 3.60. The Morgan fingerprint density at radius 1 is 1.38 bits per heavy atom. The molecule has 1 fully saturated rings. The number of nitrogens with one attached hydrogen (secondary N) is 1. The Kier molecular flexibility index (Phi) is 3.96. The van der Waals surface area contributed by atoms with Crippen LogP contribution in [0.3, 0.4) is 0 Å². The monoisotopic (exact) mass is 303 g/mol. The van der Waals surface area contributed by atoms with E-state index in [1.54, 1.807) is 4.57 Å². The summed E-state index contributed by atoms with van der Waals surface area (Å²) in [5.74, 6) is 0.350. The van der Waals surface area contributed by atoms with Crippen LogP contribution in [0.5, 0.6) is 0 Å². The van der Waals surface area contributed by atoms with E-state index in [1.165, 1.54) is 17.3 Å². The van der Waals surface area contributed by atoms with E-state index in [1.807, 2.05) is 24.3 Å². The summed E-state index contributed by atoms with van der Waals surface area (Å²) in [6.45, 7) is 2.08. The van der Waals surface area contributed by atoms with Crippen molar-refractivity contribution in [3.05, 3.63) is 45.9 Å². The molecule has 0 bridgehead atoms. The van der Waals surface area contributed by atoms with Gasteiger partial charge in [-0.2, -0.15) is 0 Å². The van der Waals surface area contributed by atoms with Crippen molar-refractivity contribution in [2.75, 3.05) is 5.75 Å². The minimum absolute atomic E-state index is 0.0560. The molecule has 5 nitrogen and oxygen atoms in total. The molecule has 1 aliphatic carbocycles. The molecule has 1 heterocycles. The van der Waals surface area contributed by atoms with Gasteiger partial charge in [-0.3, -0.25) is 9.36 Å². The van der Waals surface area contributed by atoms with Crippen molar-refractivity contribution >= 4 is 17.5 Å². The molecule has 1 aromatic heterocycles. The first-order valence-corrected chi connectivity index (χ1v) is 8.09. The van der Waals surface area contributed by atoms with Crippen LogP contribution in [0.2, 0.25) is 0 Å². The topological polar surface area (TPSA) is 67.8 Å². The SMILES string of the molecule is CCc1ccc(C(=O)CSc2n[nH]c(=O)n2C2CC2)cc1. The third-order valence-corrected chi connectivity index (χ3v) is 4.55. The maximum Gasteiger partial charge on any atom is 0.344 e. The Labute approximate surface area is 126 Å². The average molecular weight is 303 g/mol. The second-order valence-electron chi connectivity index (χ2n) is 5.17. The zero-order chi connectivity index (χ0) is 14.8. The maximum atomic E-state index is 12.2. The van der Waals surface area contributed by atoms with Crippen LogP contribution in [-0.4, -0.2) is 26.3 Å². The van der Waals surface area contributed by atoms with Gasteiger partial charge < -0.3 is 0 Å². The molecule has 1 aliphatic rings. The fraction of sp³-hybridized carbons (Fsp3) is 0.400. The highest BCUT2D eigenvalue weighted by atomic mass is 32.2. The molecule has 2 aromatic rings. The summed E-state index contributed by atoms with van der Waals surface area (Å²) < 4.78 is 1.66. The zero-order valence-corrected chi connectivity index (χ0v) is 12.7. The lowest BCUT2D eigenvalue weighted by Crippen LogP contribution is -2.16. The highest BCUT2D eigenvalue weighted by Crippen LogP contribution is 2.36. The molecule has 0 spiro atoms. The fourth-order valence-corrected chi connectivity index (χ4v) is 3.09. The van der Waals surface area contributed by atoms with Crippen molar-refractivity contribution in [1.82, 2.24) is 14.8 Å². The van der Waals surface area contributed by atoms with Gasteiger partial charge in [0, 0.05) is 11.6 Å². The zero-order valence-electron chi connectivity index (χ0n) is 11.8. The molecule has 0 aliphatic heterocycles. The minimum atomic E-state index is -0.181. The predicted molar refractivity (Wildman–Crippen MR) is 82.0 cm³/mol. The van der Waals surface area contributed by atoms with Gasteiger partial charge in [-0.05, 0) is 24.8 Å². The van der Waals surface area contributed by atoms with Crippen molar-refractivity contribution in [3.63, 3.8) is 0 Å². The first kappa shape index (κ1) is 14.1. The molecule has 0 unspecified atom stereocenters. The van der Waals surface area contributed by atoms with Crippen LogP contribution in [-0.2, 0) is 6.42 Å². The summed E-state index contributed by atoms with van der Waals surface area (Å²) in [5, 5.41) is 7.08. The van der Waals surface area contributed by atoms with Crippen molar-refractivity contribution in [2.24, 2.45) is 0 Å². The summed E-state index contributed by atoms with van der Waals surface area (Å²) in [4.78, 5) is 23.8. The van der Waals surface area contributed by atoms with Crippen LogP contribution in [0.15, 0.2) is 34.2 Å². The number of carbonyl (C=O) groups is 1. The molecule has 6 heteroatoms. The molecule has 0 atom stereocenters. The van der Waals surface area contributed by atoms with E-state index in [9.17, 15) is 9.59 Å². The third kappa shape index (κ3) is 3.10. The van der Waals surface area contributed by atoms with Gasteiger partial charge in [-0.15, -0.1) is 5.10 Å². The Morgan fingerprint density at radius 2 is 2.10 bits per heavy atom. The standard InChI is InChI=1S/C15H17N3O2S/c1-2-10-3-5-11(6-4-10)13(19)9-21-15-17-16-14(20)18(15)12-7-8-12/h3-6,12H,2,7-9H2,1H3,(H,16,20). The van der Waals surface area contributed by atoms with Gasteiger partial charge in [0.15, 0.2) is 10.9 Å². The van der Waals surface area contributed by atoms with Crippen molar-refractivity contribution < 1.29 is 4.79 Å². The Hall–Kier alpha value is -1.82. The molecular formula is C15H17N3O2S. The number of aryl methyl sites for hydroxylation is 1. The average Bonchev–Trinajstić information content (AvgIpc) is 3.28. The number of benzene rings is 1. The Bertz CT molecular complexity index is 698. The smallest absolute Gasteiger partial charge is 0.293 e. The number of carbonyl (C=O) groups excluding carboxylic acids is 1. The van der Waals surface area contributed by atoms with E-state index in [0.29, 0.717) is 16.5 Å². The second kappa shape index (κ2) is 5.89. The molecule has 0 amide bonds. The molecular weight excluding hydrogens is 286 g/mol. The summed E-state index contributed by atoms with van der Waals surface area (Å²) in [6.07, 6.45) is 2.99. The van der Waals surface area contributed by atoms with Crippen LogP contribution >= 0.6 is 11.8 Å². The van der Waals surface area contributed by atoms with Crippen LogP contribution < -0.4 is 5.69 Å². The van der Waals surface area contributed by atoms with Crippen molar-refractivity contribution in [3.8, 4) is 0 Å². The number of aromatic amines is 1. The maximum absolute atomic E-state index is 12.2. The quantitative estimate of drug-likeness (QED) is 0.657.